The lowest BCUT2D eigenvalue weighted by Gasteiger charge is -2.37. The van der Waals surface area contributed by atoms with Gasteiger partial charge in [-0.3, -0.25) is 24.6 Å². The molecule has 2 fully saturated rings. The van der Waals surface area contributed by atoms with Crippen LogP contribution in [0.1, 0.15) is 30.1 Å². The van der Waals surface area contributed by atoms with Gasteiger partial charge in [0, 0.05) is 39.0 Å². The number of carbonyl (C=O) groups excluding carboxylic acids is 4. The Bertz CT molecular complexity index is 781. The first-order valence-electron chi connectivity index (χ1n) is 8.80. The summed E-state index contributed by atoms with van der Waals surface area (Å²) in [5.74, 6) is -0.918. The second-order valence-corrected chi connectivity index (χ2v) is 6.77. The van der Waals surface area contributed by atoms with Gasteiger partial charge in [0.2, 0.25) is 11.8 Å². The van der Waals surface area contributed by atoms with Crippen molar-refractivity contribution in [1.29, 1.82) is 0 Å². The molecule has 2 aliphatic heterocycles. The first-order chi connectivity index (χ1) is 12.8. The maximum absolute atomic E-state index is 13.1. The van der Waals surface area contributed by atoms with Crippen molar-refractivity contribution in [3.05, 3.63) is 29.8 Å². The lowest BCUT2D eigenvalue weighted by Crippen LogP contribution is -2.54. The molecule has 9 nitrogen and oxygen atoms in total. The van der Waals surface area contributed by atoms with Crippen molar-refractivity contribution in [1.82, 2.24) is 15.5 Å². The number of nitrogens with zero attached hydrogens (tertiary/aromatic N) is 2. The van der Waals surface area contributed by atoms with E-state index in [4.69, 9.17) is 0 Å². The van der Waals surface area contributed by atoms with E-state index in [9.17, 15) is 24.3 Å². The standard InChI is InChI=1S/C18H22N4O5/c1-11(23)19-12-8-13(24)10-21(9-12)17(26)14-4-2-3-5-15(14)22-7-6-16(25)20-18(22)27/h2-5,12-13,24H,6-10H2,1H3,(H,19,23)(H,20,25,27)/t12-,13+/m0/s1. The molecule has 0 bridgehead atoms. The number of benzene rings is 1. The van der Waals surface area contributed by atoms with Gasteiger partial charge in [0.05, 0.1) is 17.4 Å². The van der Waals surface area contributed by atoms with Crippen molar-refractivity contribution in [2.24, 2.45) is 0 Å². The summed E-state index contributed by atoms with van der Waals surface area (Å²) in [7, 11) is 0. The second kappa shape index (κ2) is 7.75. The van der Waals surface area contributed by atoms with Crippen molar-refractivity contribution in [3.63, 3.8) is 0 Å². The van der Waals surface area contributed by atoms with Crippen LogP contribution in [0.3, 0.4) is 0 Å². The number of hydrogen-bond donors (Lipinski definition) is 3. The Morgan fingerprint density at radius 1 is 1.22 bits per heavy atom. The highest BCUT2D eigenvalue weighted by Crippen LogP contribution is 2.25. The van der Waals surface area contributed by atoms with Gasteiger partial charge in [-0.1, -0.05) is 12.1 Å². The Hall–Kier alpha value is -2.94. The number of urea groups is 1. The molecular weight excluding hydrogens is 352 g/mol. The zero-order chi connectivity index (χ0) is 19.6. The summed E-state index contributed by atoms with van der Waals surface area (Å²) in [6.07, 6.45) is -0.217. The topological polar surface area (TPSA) is 119 Å². The van der Waals surface area contributed by atoms with E-state index in [1.165, 1.54) is 16.7 Å². The highest BCUT2D eigenvalue weighted by molar-refractivity contribution is 6.09. The van der Waals surface area contributed by atoms with E-state index in [2.05, 4.69) is 10.6 Å². The third-order valence-corrected chi connectivity index (χ3v) is 4.60. The van der Waals surface area contributed by atoms with Gasteiger partial charge >= 0.3 is 6.03 Å². The molecule has 1 aromatic carbocycles. The molecule has 2 aliphatic rings. The highest BCUT2D eigenvalue weighted by Gasteiger charge is 2.33. The molecule has 27 heavy (non-hydrogen) atoms. The zero-order valence-corrected chi connectivity index (χ0v) is 15.0. The molecule has 3 rings (SSSR count). The van der Waals surface area contributed by atoms with Gasteiger partial charge in [-0.25, -0.2) is 4.79 Å². The number of anilines is 1. The Morgan fingerprint density at radius 3 is 2.67 bits per heavy atom. The van der Waals surface area contributed by atoms with Crippen LogP contribution in [0.5, 0.6) is 0 Å². The molecule has 0 aromatic heterocycles. The molecular formula is C18H22N4O5. The third-order valence-electron chi connectivity index (χ3n) is 4.60. The number of aliphatic hydroxyl groups excluding tert-OH is 1. The monoisotopic (exact) mass is 374 g/mol. The number of hydrogen-bond acceptors (Lipinski definition) is 5. The van der Waals surface area contributed by atoms with Crippen LogP contribution in [-0.2, 0) is 9.59 Å². The van der Waals surface area contributed by atoms with E-state index in [-0.39, 0.29) is 49.8 Å². The molecule has 3 N–H and O–H groups in total. The molecule has 144 valence electrons. The van der Waals surface area contributed by atoms with E-state index in [0.717, 1.165) is 0 Å². The molecule has 9 heteroatoms. The zero-order valence-electron chi connectivity index (χ0n) is 15.0. The van der Waals surface area contributed by atoms with Crippen LogP contribution >= 0.6 is 0 Å². The average Bonchev–Trinajstić information content (AvgIpc) is 2.60. The fourth-order valence-corrected chi connectivity index (χ4v) is 3.48. The summed E-state index contributed by atoms with van der Waals surface area (Å²) in [4.78, 5) is 50.8. The van der Waals surface area contributed by atoms with Crippen LogP contribution in [0.4, 0.5) is 10.5 Å². The van der Waals surface area contributed by atoms with Crippen LogP contribution < -0.4 is 15.5 Å². The van der Waals surface area contributed by atoms with Gasteiger partial charge in [0.1, 0.15) is 0 Å². The molecule has 2 heterocycles. The Kier molecular flexibility index (Phi) is 5.41. The van der Waals surface area contributed by atoms with E-state index < -0.39 is 12.1 Å². The van der Waals surface area contributed by atoms with E-state index in [1.54, 1.807) is 24.3 Å². The number of rotatable bonds is 3. The minimum atomic E-state index is -0.748. The van der Waals surface area contributed by atoms with Crippen LogP contribution in [0, 0.1) is 0 Å². The van der Waals surface area contributed by atoms with Crippen LogP contribution in [0.25, 0.3) is 0 Å². The minimum Gasteiger partial charge on any atom is -0.391 e. The van der Waals surface area contributed by atoms with Crippen molar-refractivity contribution >= 4 is 29.4 Å². The van der Waals surface area contributed by atoms with Gasteiger partial charge in [-0.15, -0.1) is 0 Å². The number of nitrogens with one attached hydrogen (secondary N) is 2. The van der Waals surface area contributed by atoms with Gasteiger partial charge < -0.3 is 15.3 Å². The first kappa shape index (κ1) is 18.8. The lowest BCUT2D eigenvalue weighted by molar-refractivity contribution is -0.121. The normalized spacial score (nSPS) is 23.0. The first-order valence-corrected chi connectivity index (χ1v) is 8.80. The number of likely N-dealkylation sites (tertiary alicyclic amines) is 1. The highest BCUT2D eigenvalue weighted by atomic mass is 16.3. The minimum absolute atomic E-state index is 0.147. The number of carbonyl (C=O) groups is 4. The summed E-state index contributed by atoms with van der Waals surface area (Å²) in [6, 6.07) is 5.75. The third kappa shape index (κ3) is 4.25. The summed E-state index contributed by atoms with van der Waals surface area (Å²) in [6.45, 7) is 1.99. The Balaban J connectivity index is 1.83. The molecule has 0 unspecified atom stereocenters. The lowest BCUT2D eigenvalue weighted by atomic mass is 10.0. The molecule has 2 atom stereocenters. The van der Waals surface area contributed by atoms with Crippen LogP contribution in [0.15, 0.2) is 24.3 Å². The van der Waals surface area contributed by atoms with Gasteiger partial charge in [-0.05, 0) is 18.6 Å². The van der Waals surface area contributed by atoms with Gasteiger partial charge in [0.25, 0.3) is 5.91 Å². The number of amides is 5. The van der Waals surface area contributed by atoms with Crippen molar-refractivity contribution < 1.29 is 24.3 Å². The van der Waals surface area contributed by atoms with E-state index in [0.29, 0.717) is 17.7 Å². The SMILES string of the molecule is CC(=O)N[C@H]1C[C@@H](O)CN(C(=O)c2ccccc2N2CCC(=O)NC2=O)C1. The quantitative estimate of drug-likeness (QED) is 0.680. The van der Waals surface area contributed by atoms with Gasteiger partial charge in [-0.2, -0.15) is 0 Å². The smallest absolute Gasteiger partial charge is 0.328 e. The number of imide groups is 1. The summed E-state index contributed by atoms with van der Waals surface area (Å²) >= 11 is 0. The summed E-state index contributed by atoms with van der Waals surface area (Å²) in [5, 5.41) is 15.1. The number of para-hydroxylation sites is 1. The molecule has 0 spiro atoms. The van der Waals surface area contributed by atoms with Crippen molar-refractivity contribution in [2.45, 2.75) is 31.9 Å². The molecule has 5 amide bonds. The van der Waals surface area contributed by atoms with E-state index in [1.807, 2.05) is 0 Å². The predicted octanol–water partition coefficient (Wildman–Crippen LogP) is -0.156. The predicted molar refractivity (Wildman–Crippen MR) is 96.1 cm³/mol. The fourth-order valence-electron chi connectivity index (χ4n) is 3.48. The number of piperidine rings is 1. The maximum Gasteiger partial charge on any atom is 0.328 e. The molecule has 0 saturated carbocycles. The average molecular weight is 374 g/mol. The largest absolute Gasteiger partial charge is 0.391 e. The number of aliphatic hydroxyl groups is 1. The van der Waals surface area contributed by atoms with Crippen LogP contribution in [0.2, 0.25) is 0 Å². The number of β-amino-alcohol motifs (C(OH)–C–C–N with tert-alkyl or cyclic N) is 1. The second-order valence-electron chi connectivity index (χ2n) is 6.77. The van der Waals surface area contributed by atoms with Crippen molar-refractivity contribution in [3.8, 4) is 0 Å². The summed E-state index contributed by atoms with van der Waals surface area (Å²) in [5.41, 5.74) is 0.710. The molecule has 0 aliphatic carbocycles. The molecule has 1 aromatic rings. The summed E-state index contributed by atoms with van der Waals surface area (Å²) < 4.78 is 0. The molecule has 0 radical (unpaired) electrons. The van der Waals surface area contributed by atoms with E-state index >= 15 is 0 Å². The van der Waals surface area contributed by atoms with Gasteiger partial charge in [0.15, 0.2) is 0 Å². The Labute approximate surface area is 156 Å². The molecule has 2 saturated heterocycles. The maximum atomic E-state index is 13.1. The Morgan fingerprint density at radius 2 is 1.96 bits per heavy atom. The fraction of sp³-hybridized carbons (Fsp3) is 0.444. The van der Waals surface area contributed by atoms with Crippen LogP contribution in [-0.4, -0.2) is 65.5 Å². The van der Waals surface area contributed by atoms with Crippen molar-refractivity contribution in [2.75, 3.05) is 24.5 Å².